The van der Waals surface area contributed by atoms with Crippen LogP contribution in [0.15, 0.2) is 35.5 Å². The predicted octanol–water partition coefficient (Wildman–Crippen LogP) is 4.45. The molecule has 0 aromatic heterocycles. The van der Waals surface area contributed by atoms with Crippen LogP contribution in [0.25, 0.3) is 0 Å². The second-order valence-electron chi connectivity index (χ2n) is 7.60. The Morgan fingerprint density at radius 3 is 2.57 bits per heavy atom. The minimum Gasteiger partial charge on any atom is -0.268 e. The lowest BCUT2D eigenvalue weighted by Gasteiger charge is -2.53. The van der Waals surface area contributed by atoms with Crippen LogP contribution in [-0.4, -0.2) is 5.91 Å². The van der Waals surface area contributed by atoms with E-state index in [4.69, 9.17) is 0 Å². The molecule has 2 saturated carbocycles. The van der Waals surface area contributed by atoms with Crippen LogP contribution in [-0.2, 0) is 10.2 Å². The fourth-order valence-corrected chi connectivity index (χ4v) is 5.20. The summed E-state index contributed by atoms with van der Waals surface area (Å²) in [4.78, 5) is 22.9. The monoisotopic (exact) mass is 285 g/mol. The minimum absolute atomic E-state index is 0.0386. The number of hydrogen-bond acceptors (Lipinski definition) is 2. The van der Waals surface area contributed by atoms with E-state index < -0.39 is 11.3 Å². The fraction of sp³-hybridized carbons (Fsp3) is 0.611. The summed E-state index contributed by atoms with van der Waals surface area (Å²) in [6.45, 7) is 4.25. The van der Waals surface area contributed by atoms with Crippen LogP contribution in [0.3, 0.4) is 0 Å². The Hall–Kier alpha value is -1.51. The van der Waals surface area contributed by atoms with Gasteiger partial charge in [-0.2, -0.15) is 0 Å². The van der Waals surface area contributed by atoms with Crippen molar-refractivity contribution < 1.29 is 4.79 Å². The highest BCUT2D eigenvalue weighted by molar-refractivity contribution is 5.83. The van der Waals surface area contributed by atoms with Gasteiger partial charge < -0.3 is 0 Å². The largest absolute Gasteiger partial charge is 0.292 e. The predicted molar refractivity (Wildman–Crippen MR) is 82.8 cm³/mol. The lowest BCUT2D eigenvalue weighted by Crippen LogP contribution is -2.49. The molecule has 0 heterocycles. The number of carbonyl (C=O) groups excluding carboxylic acids is 1. The second-order valence-corrected chi connectivity index (χ2v) is 7.60. The van der Waals surface area contributed by atoms with E-state index in [-0.39, 0.29) is 5.41 Å². The summed E-state index contributed by atoms with van der Waals surface area (Å²) in [5.41, 5.74) is 0.781. The van der Waals surface area contributed by atoms with Crippen molar-refractivity contribution in [2.45, 2.75) is 51.4 Å². The molecule has 4 unspecified atom stereocenters. The zero-order valence-corrected chi connectivity index (χ0v) is 12.8. The maximum Gasteiger partial charge on any atom is 0.292 e. The van der Waals surface area contributed by atoms with Gasteiger partial charge in [-0.3, -0.25) is 4.79 Å². The van der Waals surface area contributed by atoms with Gasteiger partial charge in [-0.1, -0.05) is 44.2 Å². The van der Waals surface area contributed by atoms with Crippen molar-refractivity contribution in [3.8, 4) is 0 Å². The summed E-state index contributed by atoms with van der Waals surface area (Å²) in [6, 6.07) is 10.5. The third-order valence-corrected chi connectivity index (χ3v) is 5.61. The van der Waals surface area contributed by atoms with Gasteiger partial charge in [-0.15, -0.1) is 4.91 Å². The van der Waals surface area contributed by atoms with Crippen LogP contribution in [0, 0.1) is 22.2 Å². The molecule has 2 bridgehead atoms. The highest BCUT2D eigenvalue weighted by Gasteiger charge is 2.53. The summed E-state index contributed by atoms with van der Waals surface area (Å²) in [6.07, 6.45) is 4.99. The highest BCUT2D eigenvalue weighted by atomic mass is 16.3. The van der Waals surface area contributed by atoms with Crippen molar-refractivity contribution in [3.63, 3.8) is 0 Å². The molecule has 1 amide bonds. The zero-order chi connectivity index (χ0) is 15.1. The van der Waals surface area contributed by atoms with Crippen LogP contribution >= 0.6 is 0 Å². The van der Waals surface area contributed by atoms with Gasteiger partial charge in [0.2, 0.25) is 0 Å². The van der Waals surface area contributed by atoms with E-state index in [1.165, 1.54) is 5.56 Å². The number of nitrogens with zero attached hydrogens (tertiary/aromatic N) is 1. The molecule has 0 saturated heterocycles. The second kappa shape index (κ2) is 5.04. The molecule has 3 nitrogen and oxygen atoms in total. The smallest absolute Gasteiger partial charge is 0.268 e. The van der Waals surface area contributed by atoms with Gasteiger partial charge in [0.25, 0.3) is 5.91 Å². The molecule has 2 aliphatic rings. The number of hydrogen-bond donors (Lipinski definition) is 0. The first-order valence-corrected chi connectivity index (χ1v) is 7.91. The van der Waals surface area contributed by atoms with Crippen molar-refractivity contribution in [2.24, 2.45) is 22.4 Å². The number of rotatable bonds is 2. The molecule has 3 heteroatoms. The van der Waals surface area contributed by atoms with Gasteiger partial charge in [-0.25, -0.2) is 0 Å². The van der Waals surface area contributed by atoms with Crippen molar-refractivity contribution in [1.29, 1.82) is 0 Å². The lowest BCUT2D eigenvalue weighted by molar-refractivity contribution is -0.132. The summed E-state index contributed by atoms with van der Waals surface area (Å²) >= 11 is 0. The standard InChI is InChI=1S/C18H23NO2/c1-13-8-14-10-17(2,16(20)19-21)12-18(9-13,11-14)15-6-4-3-5-7-15/h3-7,13-14H,8-12H2,1-2H3. The van der Waals surface area contributed by atoms with E-state index in [2.05, 4.69) is 36.4 Å². The highest BCUT2D eigenvalue weighted by Crippen LogP contribution is 2.58. The lowest BCUT2D eigenvalue weighted by atomic mass is 9.50. The van der Waals surface area contributed by atoms with E-state index in [0.717, 1.165) is 32.1 Å². The van der Waals surface area contributed by atoms with Crippen LogP contribution in [0.5, 0.6) is 0 Å². The van der Waals surface area contributed by atoms with E-state index in [0.29, 0.717) is 11.8 Å². The van der Waals surface area contributed by atoms with Gasteiger partial charge in [0.15, 0.2) is 0 Å². The fourth-order valence-electron chi connectivity index (χ4n) is 5.20. The van der Waals surface area contributed by atoms with Crippen molar-refractivity contribution in [3.05, 3.63) is 40.8 Å². The van der Waals surface area contributed by atoms with Gasteiger partial charge in [0.1, 0.15) is 0 Å². The maximum atomic E-state index is 12.1. The average Bonchev–Trinajstić information content (AvgIpc) is 2.45. The summed E-state index contributed by atoms with van der Waals surface area (Å²) in [7, 11) is 0. The number of amides is 1. The molecule has 2 fully saturated rings. The molecule has 0 aliphatic heterocycles. The molecular weight excluding hydrogens is 262 g/mol. The van der Waals surface area contributed by atoms with Gasteiger partial charge in [0, 0.05) is 5.18 Å². The van der Waals surface area contributed by atoms with Crippen LogP contribution in [0.1, 0.15) is 51.5 Å². The van der Waals surface area contributed by atoms with Crippen molar-refractivity contribution >= 4 is 5.91 Å². The quantitative estimate of drug-likeness (QED) is 0.753. The first-order chi connectivity index (χ1) is 9.97. The molecule has 0 radical (unpaired) electrons. The van der Waals surface area contributed by atoms with Gasteiger partial charge in [-0.05, 0) is 54.9 Å². The van der Waals surface area contributed by atoms with Gasteiger partial charge in [0.05, 0.1) is 5.41 Å². The molecule has 112 valence electrons. The molecule has 2 aliphatic carbocycles. The van der Waals surface area contributed by atoms with E-state index in [9.17, 15) is 9.70 Å². The Labute approximate surface area is 126 Å². The molecule has 21 heavy (non-hydrogen) atoms. The Morgan fingerprint density at radius 2 is 1.90 bits per heavy atom. The maximum absolute atomic E-state index is 12.1. The van der Waals surface area contributed by atoms with E-state index in [1.807, 2.05) is 13.0 Å². The number of benzene rings is 1. The SMILES string of the molecule is CC1CC2CC(C)(C(=O)N=O)CC(c3ccccc3)(C1)C2. The molecule has 4 atom stereocenters. The van der Waals surface area contributed by atoms with Crippen LogP contribution in [0.4, 0.5) is 0 Å². The third-order valence-electron chi connectivity index (χ3n) is 5.61. The summed E-state index contributed by atoms with van der Waals surface area (Å²) < 4.78 is 0. The number of nitroso groups, excluding NO2 is 1. The summed E-state index contributed by atoms with van der Waals surface area (Å²) in [5.74, 6) is 0.744. The average molecular weight is 285 g/mol. The Bertz CT molecular complexity index is 552. The molecule has 0 spiro atoms. The van der Waals surface area contributed by atoms with Gasteiger partial charge >= 0.3 is 0 Å². The molecule has 1 aromatic rings. The summed E-state index contributed by atoms with van der Waals surface area (Å²) in [5, 5.41) is 2.77. The number of fused-ring (bicyclic) bond motifs is 2. The first-order valence-electron chi connectivity index (χ1n) is 7.91. The normalized spacial score (nSPS) is 38.8. The van der Waals surface area contributed by atoms with Crippen LogP contribution < -0.4 is 0 Å². The topological polar surface area (TPSA) is 46.5 Å². The zero-order valence-electron chi connectivity index (χ0n) is 12.8. The Morgan fingerprint density at radius 1 is 1.19 bits per heavy atom. The molecule has 0 N–H and O–H groups in total. The van der Waals surface area contributed by atoms with Crippen molar-refractivity contribution in [2.75, 3.05) is 0 Å². The Kier molecular flexibility index (Phi) is 3.46. The third kappa shape index (κ3) is 2.43. The van der Waals surface area contributed by atoms with E-state index in [1.54, 1.807) is 0 Å². The first kappa shape index (κ1) is 14.4. The van der Waals surface area contributed by atoms with Crippen LogP contribution in [0.2, 0.25) is 0 Å². The van der Waals surface area contributed by atoms with Crippen molar-refractivity contribution in [1.82, 2.24) is 0 Å². The van der Waals surface area contributed by atoms with E-state index >= 15 is 0 Å². The molecule has 1 aromatic carbocycles. The molecular formula is C18H23NO2. The molecule has 3 rings (SSSR count). The Balaban J connectivity index is 2.03. The minimum atomic E-state index is -0.583. The number of carbonyl (C=O) groups is 1.